The van der Waals surface area contributed by atoms with E-state index < -0.39 is 29.6 Å². The summed E-state index contributed by atoms with van der Waals surface area (Å²) in [5.74, 6) is -2.86. The maximum Gasteiger partial charge on any atom is 0.255 e. The van der Waals surface area contributed by atoms with Crippen LogP contribution in [0.1, 0.15) is 57.3 Å². The van der Waals surface area contributed by atoms with Crippen molar-refractivity contribution in [2.75, 3.05) is 38.2 Å². The summed E-state index contributed by atoms with van der Waals surface area (Å²) in [5.41, 5.74) is 2.43. The second-order valence-corrected chi connectivity index (χ2v) is 14.7. The summed E-state index contributed by atoms with van der Waals surface area (Å²) in [4.78, 5) is 15.7. The number of aliphatic hydroxyl groups is 1. The molecule has 3 saturated heterocycles. The fourth-order valence-electron chi connectivity index (χ4n) is 6.37. The van der Waals surface area contributed by atoms with Crippen LogP contribution in [-0.2, 0) is 25.5 Å². The number of para-hydroxylation sites is 1. The van der Waals surface area contributed by atoms with Crippen molar-refractivity contribution in [1.82, 2.24) is 19.9 Å². The van der Waals surface area contributed by atoms with Crippen molar-refractivity contribution in [1.29, 1.82) is 0 Å². The summed E-state index contributed by atoms with van der Waals surface area (Å²) in [5, 5.41) is 22.1. The number of likely N-dealkylation sites (tertiary alicyclic amines) is 1. The number of ether oxygens (including phenoxy) is 5. The van der Waals surface area contributed by atoms with Crippen LogP contribution in [0.2, 0.25) is 0 Å². The van der Waals surface area contributed by atoms with Crippen molar-refractivity contribution in [2.45, 2.75) is 87.0 Å². The van der Waals surface area contributed by atoms with Gasteiger partial charge in [0.2, 0.25) is 5.79 Å². The lowest BCUT2D eigenvalue weighted by atomic mass is 9.99. The number of halogens is 1. The lowest BCUT2D eigenvalue weighted by molar-refractivity contribution is -0.302. The molecule has 0 bridgehead atoms. The van der Waals surface area contributed by atoms with Crippen LogP contribution in [0.25, 0.3) is 11.3 Å². The highest BCUT2D eigenvalue weighted by molar-refractivity contribution is 14.1. The minimum absolute atomic E-state index is 0.173. The van der Waals surface area contributed by atoms with E-state index in [2.05, 4.69) is 43.1 Å². The maximum atomic E-state index is 13.3. The maximum absolute atomic E-state index is 13.3. The van der Waals surface area contributed by atoms with E-state index in [0.29, 0.717) is 23.6 Å². The van der Waals surface area contributed by atoms with E-state index in [0.717, 1.165) is 30.9 Å². The van der Waals surface area contributed by atoms with E-state index in [-0.39, 0.29) is 23.0 Å². The average molecular weight is 762 g/mol. The van der Waals surface area contributed by atoms with Gasteiger partial charge in [-0.3, -0.25) is 9.69 Å². The van der Waals surface area contributed by atoms with Gasteiger partial charge in [-0.25, -0.2) is 4.68 Å². The summed E-state index contributed by atoms with van der Waals surface area (Å²) in [6, 6.07) is 14.7. The van der Waals surface area contributed by atoms with Crippen LogP contribution >= 0.6 is 22.6 Å². The summed E-state index contributed by atoms with van der Waals surface area (Å²) >= 11 is 2.28. The highest BCUT2D eigenvalue weighted by atomic mass is 127. The van der Waals surface area contributed by atoms with Gasteiger partial charge in [-0.1, -0.05) is 52.4 Å². The quantitative estimate of drug-likeness (QED) is 0.159. The van der Waals surface area contributed by atoms with E-state index >= 15 is 0 Å². The Hall–Kier alpha value is -2.66. The lowest BCUT2D eigenvalue weighted by Gasteiger charge is -2.43. The van der Waals surface area contributed by atoms with Crippen LogP contribution in [0.15, 0.2) is 54.7 Å². The Labute approximate surface area is 289 Å². The van der Waals surface area contributed by atoms with Crippen LogP contribution in [0.5, 0.6) is 5.75 Å². The van der Waals surface area contributed by atoms with E-state index in [1.165, 1.54) is 19.3 Å². The normalized spacial score (nSPS) is 26.1. The monoisotopic (exact) mass is 761 g/mol. The lowest BCUT2D eigenvalue weighted by Crippen LogP contribution is -2.60. The molecule has 3 fully saturated rings. The van der Waals surface area contributed by atoms with Gasteiger partial charge in [-0.05, 0) is 84.0 Å². The number of hydrogen-bond acceptors (Lipinski definition) is 10. The molecule has 254 valence electrons. The standard InChI is InChI=1S/C34H44IN5O7/c1-32(2,42)45-28-21-44-34(30(29(28)35)46-33(3,4)47-34)22-40-20-27(37-38-40)25-10-6-7-11-26(25)36-31(41)23-12-14-24(15-13-23)43-19-18-39-16-8-5-9-17-39/h6-7,10-15,20,28-30,42H,5,8-9,16-19,21-22H2,1-4H3,(H,36,41)/t28-,29?,30+,34+/m1/s1. The molecule has 0 saturated carbocycles. The minimum atomic E-state index is -1.32. The van der Waals surface area contributed by atoms with Gasteiger partial charge in [-0.2, -0.15) is 0 Å². The number of amides is 1. The Balaban J connectivity index is 1.11. The molecule has 1 aromatic heterocycles. The number of aromatic nitrogens is 3. The van der Waals surface area contributed by atoms with Gasteiger partial charge in [-0.15, -0.1) is 5.10 Å². The topological polar surface area (TPSA) is 129 Å². The molecule has 6 rings (SSSR count). The van der Waals surface area contributed by atoms with Crippen molar-refractivity contribution >= 4 is 34.2 Å². The Morgan fingerprint density at radius 3 is 2.62 bits per heavy atom. The molecule has 1 unspecified atom stereocenters. The molecule has 2 aromatic carbocycles. The van der Waals surface area contributed by atoms with E-state index in [1.54, 1.807) is 36.9 Å². The smallest absolute Gasteiger partial charge is 0.255 e. The zero-order valence-corrected chi connectivity index (χ0v) is 29.5. The zero-order valence-electron chi connectivity index (χ0n) is 27.4. The number of piperidine rings is 1. The van der Waals surface area contributed by atoms with Crippen LogP contribution in [0.3, 0.4) is 0 Å². The molecule has 3 aromatic rings. The molecular formula is C34H44IN5O7. The predicted octanol–water partition coefficient (Wildman–Crippen LogP) is 4.86. The number of nitrogens with zero attached hydrogens (tertiary/aromatic N) is 4. The third-order valence-electron chi connectivity index (χ3n) is 8.45. The number of benzene rings is 2. The first-order valence-electron chi connectivity index (χ1n) is 16.2. The van der Waals surface area contributed by atoms with Gasteiger partial charge in [0.25, 0.3) is 5.91 Å². The van der Waals surface area contributed by atoms with Crippen molar-refractivity contribution in [3.05, 3.63) is 60.3 Å². The number of carbonyl (C=O) groups is 1. The Morgan fingerprint density at radius 2 is 1.87 bits per heavy atom. The first-order valence-corrected chi connectivity index (χ1v) is 17.5. The van der Waals surface area contributed by atoms with Gasteiger partial charge >= 0.3 is 0 Å². The second-order valence-electron chi connectivity index (χ2n) is 13.3. The molecule has 0 radical (unpaired) electrons. The first-order chi connectivity index (χ1) is 22.4. The molecule has 13 heteroatoms. The fourth-order valence-corrected chi connectivity index (χ4v) is 7.42. The summed E-state index contributed by atoms with van der Waals surface area (Å²) in [7, 11) is 0. The third-order valence-corrected chi connectivity index (χ3v) is 9.91. The van der Waals surface area contributed by atoms with Crippen molar-refractivity contribution in [2.24, 2.45) is 0 Å². The predicted molar refractivity (Wildman–Crippen MR) is 183 cm³/mol. The van der Waals surface area contributed by atoms with Gasteiger partial charge in [0, 0.05) is 17.7 Å². The van der Waals surface area contributed by atoms with Crippen LogP contribution in [0, 0.1) is 0 Å². The van der Waals surface area contributed by atoms with Gasteiger partial charge in [0.15, 0.2) is 11.6 Å². The summed E-state index contributed by atoms with van der Waals surface area (Å²) < 4.78 is 32.3. The van der Waals surface area contributed by atoms with Gasteiger partial charge in [0.05, 0.1) is 35.1 Å². The number of rotatable bonds is 11. The number of anilines is 1. The number of alkyl halides is 1. The third kappa shape index (κ3) is 8.32. The molecule has 0 aliphatic carbocycles. The molecule has 12 nitrogen and oxygen atoms in total. The van der Waals surface area contributed by atoms with Crippen molar-refractivity contribution in [3.63, 3.8) is 0 Å². The summed E-state index contributed by atoms with van der Waals surface area (Å²) in [6.07, 6.45) is 4.73. The highest BCUT2D eigenvalue weighted by Gasteiger charge is 2.62. The zero-order chi connectivity index (χ0) is 33.2. The molecule has 47 heavy (non-hydrogen) atoms. The van der Waals surface area contributed by atoms with Gasteiger partial charge in [0.1, 0.15) is 24.2 Å². The van der Waals surface area contributed by atoms with Crippen LogP contribution in [0.4, 0.5) is 5.69 Å². The van der Waals surface area contributed by atoms with E-state index in [1.807, 2.05) is 50.2 Å². The number of hydrogen-bond donors (Lipinski definition) is 2. The van der Waals surface area contributed by atoms with Crippen LogP contribution in [-0.4, -0.2) is 97.2 Å². The molecule has 3 aliphatic heterocycles. The van der Waals surface area contributed by atoms with Crippen LogP contribution < -0.4 is 10.1 Å². The van der Waals surface area contributed by atoms with Crippen molar-refractivity contribution < 1.29 is 33.6 Å². The molecular weight excluding hydrogens is 717 g/mol. The Morgan fingerprint density at radius 1 is 1.13 bits per heavy atom. The fraction of sp³-hybridized carbons (Fsp3) is 0.559. The van der Waals surface area contributed by atoms with Crippen molar-refractivity contribution in [3.8, 4) is 17.0 Å². The molecule has 1 amide bonds. The number of nitrogens with one attached hydrogen (secondary N) is 1. The summed E-state index contributed by atoms with van der Waals surface area (Å²) in [6.45, 7) is 11.1. The molecule has 3 aliphatic rings. The Kier molecular flexibility index (Phi) is 10.2. The molecule has 2 N–H and O–H groups in total. The first kappa shape index (κ1) is 34.2. The molecule has 4 atom stereocenters. The van der Waals surface area contributed by atoms with E-state index in [4.69, 9.17) is 23.7 Å². The average Bonchev–Trinajstić information content (AvgIpc) is 3.60. The molecule has 4 heterocycles. The van der Waals surface area contributed by atoms with E-state index in [9.17, 15) is 9.90 Å². The van der Waals surface area contributed by atoms with Gasteiger partial charge < -0.3 is 34.1 Å². The SMILES string of the molecule is CC(C)(O)O[C@@H]1CO[C@@]2(Cn3cc(-c4ccccc4NC(=O)c4ccc(OCCN5CCCCC5)cc4)nn3)OC(C)(C)O[C@H]2C1I. The number of carbonyl (C=O) groups excluding carboxylic acids is 1. The highest BCUT2D eigenvalue weighted by Crippen LogP contribution is 2.46. The minimum Gasteiger partial charge on any atom is -0.492 e. The second kappa shape index (κ2) is 14.1. The Bertz CT molecular complexity index is 1520. The largest absolute Gasteiger partial charge is 0.492 e. The molecule has 0 spiro atoms. The number of fused-ring (bicyclic) bond motifs is 1.